The van der Waals surface area contributed by atoms with Crippen LogP contribution in [0.1, 0.15) is 20.9 Å². The summed E-state index contributed by atoms with van der Waals surface area (Å²) in [7, 11) is 0. The van der Waals surface area contributed by atoms with Gasteiger partial charge in [-0.05, 0) is 57.9 Å². The van der Waals surface area contributed by atoms with E-state index in [0.717, 1.165) is 27.1 Å². The summed E-state index contributed by atoms with van der Waals surface area (Å²) in [5, 5.41) is 4.02. The Morgan fingerprint density at radius 2 is 1.69 bits per heavy atom. The number of nitrogens with one attached hydrogen (secondary N) is 1. The molecule has 1 amide bonds. The minimum absolute atomic E-state index is 0.128. The number of benzene rings is 3. The molecule has 5 heteroatoms. The highest BCUT2D eigenvalue weighted by atomic mass is 79.9. The fraction of sp³-hybridized carbons (Fsp3) is 0.0476. The Balaban J connectivity index is 1.46. The van der Waals surface area contributed by atoms with Crippen molar-refractivity contribution in [2.75, 3.05) is 5.32 Å². The molecule has 1 N–H and O–H groups in total. The molecule has 0 aliphatic rings. The SMILES string of the molecule is O=C(Nc1ccc(Cc2nc3ccccc3s2)cc1)c1ccccc1Br. The van der Waals surface area contributed by atoms with E-state index >= 15 is 0 Å². The predicted octanol–water partition coefficient (Wildman–Crippen LogP) is 5.90. The summed E-state index contributed by atoms with van der Waals surface area (Å²) in [4.78, 5) is 17.0. The number of anilines is 1. The number of carbonyl (C=O) groups is 1. The number of carbonyl (C=O) groups excluding carboxylic acids is 1. The second-order valence-electron chi connectivity index (χ2n) is 5.88. The highest BCUT2D eigenvalue weighted by Crippen LogP contribution is 2.24. The van der Waals surface area contributed by atoms with E-state index in [2.05, 4.69) is 32.3 Å². The van der Waals surface area contributed by atoms with Crippen molar-refractivity contribution in [2.24, 2.45) is 0 Å². The van der Waals surface area contributed by atoms with Crippen molar-refractivity contribution in [3.63, 3.8) is 0 Å². The van der Waals surface area contributed by atoms with E-state index in [0.29, 0.717) is 5.56 Å². The van der Waals surface area contributed by atoms with Gasteiger partial charge in [0.2, 0.25) is 0 Å². The van der Waals surface area contributed by atoms with Crippen LogP contribution < -0.4 is 5.32 Å². The number of amides is 1. The molecule has 0 saturated carbocycles. The van der Waals surface area contributed by atoms with Gasteiger partial charge in [0, 0.05) is 16.6 Å². The molecule has 26 heavy (non-hydrogen) atoms. The zero-order valence-corrected chi connectivity index (χ0v) is 16.2. The van der Waals surface area contributed by atoms with E-state index in [-0.39, 0.29) is 5.91 Å². The van der Waals surface area contributed by atoms with Gasteiger partial charge in [-0.1, -0.05) is 36.4 Å². The molecule has 0 aliphatic heterocycles. The van der Waals surface area contributed by atoms with E-state index < -0.39 is 0 Å². The van der Waals surface area contributed by atoms with Gasteiger partial charge < -0.3 is 5.32 Å². The summed E-state index contributed by atoms with van der Waals surface area (Å²) in [6, 6.07) is 23.5. The number of para-hydroxylation sites is 1. The Labute approximate surface area is 163 Å². The van der Waals surface area contributed by atoms with Crippen LogP contribution in [0.15, 0.2) is 77.3 Å². The number of nitrogens with zero attached hydrogens (tertiary/aromatic N) is 1. The number of halogens is 1. The van der Waals surface area contributed by atoms with Gasteiger partial charge in [-0.3, -0.25) is 4.79 Å². The van der Waals surface area contributed by atoms with E-state index in [4.69, 9.17) is 0 Å². The zero-order valence-electron chi connectivity index (χ0n) is 13.8. The third-order valence-corrected chi connectivity index (χ3v) is 5.75. The standard InChI is InChI=1S/C21H15BrN2OS/c22-17-6-2-1-5-16(17)21(25)23-15-11-9-14(10-12-15)13-20-24-18-7-3-4-8-19(18)26-20/h1-12H,13H2,(H,23,25). The normalized spacial score (nSPS) is 10.8. The van der Waals surface area contributed by atoms with Gasteiger partial charge in [-0.2, -0.15) is 0 Å². The molecule has 4 aromatic rings. The lowest BCUT2D eigenvalue weighted by Gasteiger charge is -2.07. The van der Waals surface area contributed by atoms with Gasteiger partial charge in [-0.25, -0.2) is 4.98 Å². The maximum atomic E-state index is 12.4. The molecular weight excluding hydrogens is 408 g/mol. The van der Waals surface area contributed by atoms with Crippen LogP contribution in [0.3, 0.4) is 0 Å². The van der Waals surface area contributed by atoms with Gasteiger partial charge in [0.1, 0.15) is 0 Å². The second kappa shape index (κ2) is 7.40. The highest BCUT2D eigenvalue weighted by molar-refractivity contribution is 9.10. The molecule has 0 spiro atoms. The van der Waals surface area contributed by atoms with Crippen LogP contribution in [-0.4, -0.2) is 10.9 Å². The van der Waals surface area contributed by atoms with E-state index in [1.807, 2.05) is 60.7 Å². The zero-order chi connectivity index (χ0) is 17.9. The molecule has 128 valence electrons. The molecule has 0 fully saturated rings. The van der Waals surface area contributed by atoms with Gasteiger partial charge in [0.25, 0.3) is 5.91 Å². The molecule has 0 aliphatic carbocycles. The van der Waals surface area contributed by atoms with E-state index in [1.165, 1.54) is 10.3 Å². The lowest BCUT2D eigenvalue weighted by molar-refractivity contribution is 0.102. The Hall–Kier alpha value is -2.50. The molecule has 3 aromatic carbocycles. The monoisotopic (exact) mass is 422 g/mol. The minimum atomic E-state index is -0.128. The average Bonchev–Trinajstić information content (AvgIpc) is 3.06. The number of rotatable bonds is 4. The first kappa shape index (κ1) is 16.9. The molecule has 3 nitrogen and oxygen atoms in total. The summed E-state index contributed by atoms with van der Waals surface area (Å²) >= 11 is 5.13. The molecule has 0 atom stereocenters. The van der Waals surface area contributed by atoms with Crippen LogP contribution in [0.4, 0.5) is 5.69 Å². The number of hydrogen-bond donors (Lipinski definition) is 1. The third kappa shape index (κ3) is 3.69. The lowest BCUT2D eigenvalue weighted by Crippen LogP contribution is -2.12. The maximum absolute atomic E-state index is 12.4. The van der Waals surface area contributed by atoms with Crippen molar-refractivity contribution >= 4 is 49.1 Å². The predicted molar refractivity (Wildman–Crippen MR) is 111 cm³/mol. The van der Waals surface area contributed by atoms with Crippen LogP contribution in [-0.2, 0) is 6.42 Å². The summed E-state index contributed by atoms with van der Waals surface area (Å²) in [5.41, 5.74) is 3.61. The number of fused-ring (bicyclic) bond motifs is 1. The minimum Gasteiger partial charge on any atom is -0.322 e. The van der Waals surface area contributed by atoms with Crippen molar-refractivity contribution in [3.8, 4) is 0 Å². The second-order valence-corrected chi connectivity index (χ2v) is 7.85. The fourth-order valence-corrected chi connectivity index (χ4v) is 4.19. The Bertz CT molecular complexity index is 1040. The first-order valence-corrected chi connectivity index (χ1v) is 9.79. The summed E-state index contributed by atoms with van der Waals surface area (Å²) in [6.45, 7) is 0. The molecule has 0 saturated heterocycles. The van der Waals surface area contributed by atoms with E-state index in [1.54, 1.807) is 17.4 Å². The maximum Gasteiger partial charge on any atom is 0.256 e. The number of thiazole rings is 1. The first-order chi connectivity index (χ1) is 12.7. The molecule has 1 aromatic heterocycles. The van der Waals surface area contributed by atoms with Gasteiger partial charge in [0.15, 0.2) is 0 Å². The van der Waals surface area contributed by atoms with Crippen LogP contribution in [0.2, 0.25) is 0 Å². The van der Waals surface area contributed by atoms with Crippen molar-refractivity contribution in [2.45, 2.75) is 6.42 Å². The first-order valence-electron chi connectivity index (χ1n) is 8.18. The molecule has 4 rings (SSSR count). The smallest absolute Gasteiger partial charge is 0.256 e. The molecular formula is C21H15BrN2OS. The van der Waals surface area contributed by atoms with Crippen molar-refractivity contribution in [1.82, 2.24) is 4.98 Å². The summed E-state index contributed by atoms with van der Waals surface area (Å²) < 4.78 is 1.99. The summed E-state index contributed by atoms with van der Waals surface area (Å²) in [5.74, 6) is -0.128. The number of hydrogen-bond acceptors (Lipinski definition) is 3. The van der Waals surface area contributed by atoms with Gasteiger partial charge in [-0.15, -0.1) is 11.3 Å². The summed E-state index contributed by atoms with van der Waals surface area (Å²) in [6.07, 6.45) is 0.789. The average molecular weight is 423 g/mol. The van der Waals surface area contributed by atoms with Crippen molar-refractivity contribution in [3.05, 3.63) is 93.4 Å². The van der Waals surface area contributed by atoms with Crippen LogP contribution in [0.25, 0.3) is 10.2 Å². The Morgan fingerprint density at radius 3 is 2.46 bits per heavy atom. The fourth-order valence-electron chi connectivity index (χ4n) is 2.72. The topological polar surface area (TPSA) is 42.0 Å². The van der Waals surface area contributed by atoms with Crippen LogP contribution in [0, 0.1) is 0 Å². The third-order valence-electron chi connectivity index (χ3n) is 4.02. The van der Waals surface area contributed by atoms with Crippen molar-refractivity contribution in [1.29, 1.82) is 0 Å². The Morgan fingerprint density at radius 1 is 0.962 bits per heavy atom. The molecule has 1 heterocycles. The quantitative estimate of drug-likeness (QED) is 0.444. The number of aromatic nitrogens is 1. The van der Waals surface area contributed by atoms with E-state index in [9.17, 15) is 4.79 Å². The molecule has 0 unspecified atom stereocenters. The van der Waals surface area contributed by atoms with Crippen LogP contribution in [0.5, 0.6) is 0 Å². The van der Waals surface area contributed by atoms with Gasteiger partial charge >= 0.3 is 0 Å². The van der Waals surface area contributed by atoms with Crippen LogP contribution >= 0.6 is 27.3 Å². The largest absolute Gasteiger partial charge is 0.322 e. The lowest BCUT2D eigenvalue weighted by atomic mass is 10.1. The molecule has 0 bridgehead atoms. The van der Waals surface area contributed by atoms with Gasteiger partial charge in [0.05, 0.1) is 20.8 Å². The molecule has 0 radical (unpaired) electrons. The highest BCUT2D eigenvalue weighted by Gasteiger charge is 2.10. The van der Waals surface area contributed by atoms with Crippen molar-refractivity contribution < 1.29 is 4.79 Å². The Kier molecular flexibility index (Phi) is 4.82.